The van der Waals surface area contributed by atoms with Gasteiger partial charge >= 0.3 is 0 Å². The molecule has 1 amide bonds. The molecule has 2 N–H and O–H groups in total. The standard InChI is InChI=1S/C18H20N4O3S/c23-17(16-11-12-2-3-13(16)10-12)21-14-4-6-15(7-5-14)26(24,25)22-18-19-8-1-9-20-18/h1,4-9,12-13,16H,2-3,10-11H2,(H,21,23)(H,19,20,22)/t12-,13+,16-/m0/s1. The zero-order valence-corrected chi connectivity index (χ0v) is 14.9. The van der Waals surface area contributed by atoms with Crippen molar-refractivity contribution in [3.8, 4) is 0 Å². The van der Waals surface area contributed by atoms with Gasteiger partial charge in [0.15, 0.2) is 0 Å². The Kier molecular flexibility index (Phi) is 4.36. The third-order valence-electron chi connectivity index (χ3n) is 5.30. The molecule has 26 heavy (non-hydrogen) atoms. The van der Waals surface area contributed by atoms with Crippen LogP contribution >= 0.6 is 0 Å². The zero-order valence-electron chi connectivity index (χ0n) is 14.1. The second kappa shape index (κ2) is 6.68. The van der Waals surface area contributed by atoms with Crippen LogP contribution in [-0.2, 0) is 14.8 Å². The first kappa shape index (κ1) is 17.0. The van der Waals surface area contributed by atoms with E-state index in [1.54, 1.807) is 18.2 Å². The molecule has 136 valence electrons. The lowest BCUT2D eigenvalue weighted by atomic mass is 9.88. The summed E-state index contributed by atoms with van der Waals surface area (Å²) in [6, 6.07) is 7.73. The summed E-state index contributed by atoms with van der Waals surface area (Å²) in [6.07, 6.45) is 7.46. The third kappa shape index (κ3) is 3.41. The number of sulfonamides is 1. The molecule has 2 fully saturated rings. The molecular formula is C18H20N4O3S. The van der Waals surface area contributed by atoms with Crippen LogP contribution in [0.15, 0.2) is 47.6 Å². The highest BCUT2D eigenvalue weighted by Gasteiger charge is 2.43. The van der Waals surface area contributed by atoms with E-state index in [1.807, 2.05) is 0 Å². The number of carbonyl (C=O) groups excluding carboxylic acids is 1. The average Bonchev–Trinajstić information content (AvgIpc) is 3.26. The van der Waals surface area contributed by atoms with E-state index in [1.165, 1.54) is 37.4 Å². The Labute approximate surface area is 152 Å². The highest BCUT2D eigenvalue weighted by atomic mass is 32.2. The minimum Gasteiger partial charge on any atom is -0.326 e. The summed E-state index contributed by atoms with van der Waals surface area (Å²) in [4.78, 5) is 20.3. The summed E-state index contributed by atoms with van der Waals surface area (Å²) in [5, 5.41) is 2.92. The fourth-order valence-corrected chi connectivity index (χ4v) is 5.01. The molecule has 0 saturated heterocycles. The van der Waals surface area contributed by atoms with E-state index in [2.05, 4.69) is 20.0 Å². The monoisotopic (exact) mass is 372 g/mol. The van der Waals surface area contributed by atoms with Gasteiger partial charge in [0.25, 0.3) is 10.0 Å². The molecule has 1 aromatic heterocycles. The number of amides is 1. The van der Waals surface area contributed by atoms with Gasteiger partial charge in [-0.3, -0.25) is 4.79 Å². The van der Waals surface area contributed by atoms with Crippen molar-refractivity contribution >= 4 is 27.6 Å². The van der Waals surface area contributed by atoms with Gasteiger partial charge in [-0.1, -0.05) is 6.42 Å². The Hall–Kier alpha value is -2.48. The molecule has 8 heteroatoms. The minimum atomic E-state index is -3.77. The SMILES string of the molecule is O=C(Nc1ccc(S(=O)(=O)Nc2ncccn2)cc1)[C@H]1C[C@H]2CC[C@@H]1C2. The molecule has 1 heterocycles. The lowest BCUT2D eigenvalue weighted by molar-refractivity contribution is -0.121. The summed E-state index contributed by atoms with van der Waals surface area (Å²) >= 11 is 0. The van der Waals surface area contributed by atoms with Crippen LogP contribution in [0.4, 0.5) is 11.6 Å². The van der Waals surface area contributed by atoms with Crippen molar-refractivity contribution in [2.24, 2.45) is 17.8 Å². The van der Waals surface area contributed by atoms with Gasteiger partial charge < -0.3 is 5.32 Å². The number of carbonyl (C=O) groups is 1. The highest BCUT2D eigenvalue weighted by molar-refractivity contribution is 7.92. The maximum Gasteiger partial charge on any atom is 0.264 e. The second-order valence-corrected chi connectivity index (χ2v) is 8.66. The number of nitrogens with one attached hydrogen (secondary N) is 2. The van der Waals surface area contributed by atoms with Crippen LogP contribution in [0.25, 0.3) is 0 Å². The number of aromatic nitrogens is 2. The second-order valence-electron chi connectivity index (χ2n) is 6.97. The van der Waals surface area contributed by atoms with Crippen LogP contribution in [0.3, 0.4) is 0 Å². The molecule has 0 spiro atoms. The van der Waals surface area contributed by atoms with Crippen molar-refractivity contribution in [2.75, 3.05) is 10.0 Å². The number of hydrogen-bond donors (Lipinski definition) is 2. The molecule has 1 aromatic carbocycles. The molecule has 2 aliphatic carbocycles. The molecule has 0 aliphatic heterocycles. The fourth-order valence-electron chi connectivity index (χ4n) is 4.05. The maximum absolute atomic E-state index is 12.5. The van der Waals surface area contributed by atoms with Crippen LogP contribution in [0.5, 0.6) is 0 Å². The smallest absolute Gasteiger partial charge is 0.264 e. The van der Waals surface area contributed by atoms with Crippen LogP contribution in [0.1, 0.15) is 25.7 Å². The van der Waals surface area contributed by atoms with Crippen LogP contribution in [-0.4, -0.2) is 24.3 Å². The van der Waals surface area contributed by atoms with Gasteiger partial charge in [-0.25, -0.2) is 23.1 Å². The van der Waals surface area contributed by atoms with Crippen molar-refractivity contribution in [3.63, 3.8) is 0 Å². The van der Waals surface area contributed by atoms with Crippen molar-refractivity contribution in [2.45, 2.75) is 30.6 Å². The van der Waals surface area contributed by atoms with E-state index in [-0.39, 0.29) is 22.7 Å². The van der Waals surface area contributed by atoms with E-state index in [0.717, 1.165) is 12.8 Å². The first-order valence-electron chi connectivity index (χ1n) is 8.72. The predicted molar refractivity (Wildman–Crippen MR) is 96.9 cm³/mol. The normalized spacial score (nSPS) is 24.4. The van der Waals surface area contributed by atoms with E-state index >= 15 is 0 Å². The molecule has 3 atom stereocenters. The number of hydrogen-bond acceptors (Lipinski definition) is 5. The van der Waals surface area contributed by atoms with Gasteiger partial charge in [-0.15, -0.1) is 0 Å². The highest BCUT2D eigenvalue weighted by Crippen LogP contribution is 2.48. The Balaban J connectivity index is 1.42. The number of rotatable bonds is 5. The van der Waals surface area contributed by atoms with Gasteiger partial charge in [0, 0.05) is 24.0 Å². The predicted octanol–water partition coefficient (Wildman–Crippen LogP) is 2.65. The Morgan fingerprint density at radius 3 is 2.38 bits per heavy atom. The minimum absolute atomic E-state index is 0.0150. The van der Waals surface area contributed by atoms with Crippen molar-refractivity contribution < 1.29 is 13.2 Å². The maximum atomic E-state index is 12.5. The first-order valence-corrected chi connectivity index (χ1v) is 10.2. The Bertz CT molecular complexity index is 900. The molecular weight excluding hydrogens is 352 g/mol. The van der Waals surface area contributed by atoms with Crippen molar-refractivity contribution in [3.05, 3.63) is 42.7 Å². The van der Waals surface area contributed by atoms with Crippen LogP contribution in [0, 0.1) is 17.8 Å². The summed E-state index contributed by atoms with van der Waals surface area (Å²) in [7, 11) is -3.77. The Morgan fingerprint density at radius 1 is 1.04 bits per heavy atom. The van der Waals surface area contributed by atoms with E-state index in [4.69, 9.17) is 0 Å². The lowest BCUT2D eigenvalue weighted by Gasteiger charge is -2.20. The topological polar surface area (TPSA) is 101 Å². The van der Waals surface area contributed by atoms with Crippen LogP contribution in [0.2, 0.25) is 0 Å². The number of anilines is 2. The summed E-state index contributed by atoms with van der Waals surface area (Å²) in [5.41, 5.74) is 0.604. The molecule has 2 saturated carbocycles. The largest absolute Gasteiger partial charge is 0.326 e. The van der Waals surface area contributed by atoms with E-state index in [0.29, 0.717) is 17.5 Å². The van der Waals surface area contributed by atoms with Gasteiger partial charge in [0.2, 0.25) is 11.9 Å². The zero-order chi connectivity index (χ0) is 18.1. The first-order chi connectivity index (χ1) is 12.5. The van der Waals surface area contributed by atoms with Gasteiger partial charge in [0.1, 0.15) is 0 Å². The molecule has 4 rings (SSSR count). The Morgan fingerprint density at radius 2 is 1.77 bits per heavy atom. The number of fused-ring (bicyclic) bond motifs is 2. The summed E-state index contributed by atoms with van der Waals surface area (Å²) in [5.74, 6) is 1.36. The molecule has 0 unspecified atom stereocenters. The number of benzene rings is 1. The molecule has 2 bridgehead atoms. The van der Waals surface area contributed by atoms with Gasteiger partial charge in [-0.05, 0) is 61.4 Å². The molecule has 0 radical (unpaired) electrons. The lowest BCUT2D eigenvalue weighted by Crippen LogP contribution is -2.27. The average molecular weight is 372 g/mol. The van der Waals surface area contributed by atoms with E-state index in [9.17, 15) is 13.2 Å². The fraction of sp³-hybridized carbons (Fsp3) is 0.389. The van der Waals surface area contributed by atoms with Crippen molar-refractivity contribution in [1.29, 1.82) is 0 Å². The molecule has 7 nitrogen and oxygen atoms in total. The summed E-state index contributed by atoms with van der Waals surface area (Å²) in [6.45, 7) is 0. The van der Waals surface area contributed by atoms with E-state index < -0.39 is 10.0 Å². The number of nitrogens with zero attached hydrogens (tertiary/aromatic N) is 2. The summed E-state index contributed by atoms with van der Waals surface area (Å²) < 4.78 is 27.0. The van der Waals surface area contributed by atoms with Crippen molar-refractivity contribution in [1.82, 2.24) is 9.97 Å². The molecule has 2 aliphatic rings. The third-order valence-corrected chi connectivity index (χ3v) is 6.64. The van der Waals surface area contributed by atoms with Crippen LogP contribution < -0.4 is 10.0 Å². The van der Waals surface area contributed by atoms with Gasteiger partial charge in [0.05, 0.1) is 4.90 Å². The quantitative estimate of drug-likeness (QED) is 0.840. The van der Waals surface area contributed by atoms with Gasteiger partial charge in [-0.2, -0.15) is 0 Å². The molecule has 2 aromatic rings.